The van der Waals surface area contributed by atoms with Crippen molar-refractivity contribution in [3.8, 4) is 5.75 Å². The van der Waals surface area contributed by atoms with E-state index in [1.165, 1.54) is 0 Å². The standard InChI is InChI=1S/C14H18F3NO/c1-19-13-11(16)9(7-10(15)12(13)17)14(8-18)5-3-2-4-6-14/h7H,2-6,8,18H2,1H3. The predicted octanol–water partition coefficient (Wildman–Crippen LogP) is 3.27. The quantitative estimate of drug-likeness (QED) is 0.858. The summed E-state index contributed by atoms with van der Waals surface area (Å²) in [6.45, 7) is 0.220. The Balaban J connectivity index is 2.57. The monoisotopic (exact) mass is 273 g/mol. The molecule has 106 valence electrons. The largest absolute Gasteiger partial charge is 0.491 e. The van der Waals surface area contributed by atoms with E-state index in [0.717, 1.165) is 32.4 Å². The first kappa shape index (κ1) is 14.2. The molecule has 0 amide bonds. The lowest BCUT2D eigenvalue weighted by Gasteiger charge is -2.37. The molecular weight excluding hydrogens is 255 g/mol. The third-order valence-electron chi connectivity index (χ3n) is 4.09. The third kappa shape index (κ3) is 2.31. The van der Waals surface area contributed by atoms with E-state index in [4.69, 9.17) is 5.73 Å². The van der Waals surface area contributed by atoms with E-state index >= 15 is 0 Å². The molecular formula is C14H18F3NO. The van der Waals surface area contributed by atoms with Crippen molar-refractivity contribution in [3.05, 3.63) is 29.1 Å². The van der Waals surface area contributed by atoms with Gasteiger partial charge in [-0.1, -0.05) is 19.3 Å². The second kappa shape index (κ2) is 5.41. The van der Waals surface area contributed by atoms with Gasteiger partial charge in [0.2, 0.25) is 5.82 Å². The third-order valence-corrected chi connectivity index (χ3v) is 4.09. The molecule has 0 bridgehead atoms. The van der Waals surface area contributed by atoms with Gasteiger partial charge in [0.05, 0.1) is 7.11 Å². The zero-order valence-electron chi connectivity index (χ0n) is 10.9. The fourth-order valence-corrected chi connectivity index (χ4v) is 2.96. The second-order valence-electron chi connectivity index (χ2n) is 5.11. The molecule has 0 aliphatic heterocycles. The van der Waals surface area contributed by atoms with Crippen LogP contribution in [-0.4, -0.2) is 13.7 Å². The number of rotatable bonds is 3. The average Bonchev–Trinajstić information content (AvgIpc) is 2.44. The number of ether oxygens (including phenoxy) is 1. The van der Waals surface area contributed by atoms with Crippen LogP contribution in [0.25, 0.3) is 0 Å². The van der Waals surface area contributed by atoms with Crippen LogP contribution < -0.4 is 10.5 Å². The van der Waals surface area contributed by atoms with E-state index < -0.39 is 28.6 Å². The van der Waals surface area contributed by atoms with Crippen LogP contribution in [0.2, 0.25) is 0 Å². The minimum Gasteiger partial charge on any atom is -0.491 e. The Labute approximate surface area is 110 Å². The molecule has 1 aromatic rings. The number of hydrogen-bond acceptors (Lipinski definition) is 2. The number of halogens is 3. The van der Waals surface area contributed by atoms with E-state index in [1.54, 1.807) is 0 Å². The topological polar surface area (TPSA) is 35.2 Å². The zero-order valence-corrected chi connectivity index (χ0v) is 10.9. The van der Waals surface area contributed by atoms with E-state index in [9.17, 15) is 13.2 Å². The van der Waals surface area contributed by atoms with E-state index in [1.807, 2.05) is 0 Å². The van der Waals surface area contributed by atoms with E-state index in [2.05, 4.69) is 4.74 Å². The summed E-state index contributed by atoms with van der Waals surface area (Å²) in [6, 6.07) is 0.936. The van der Waals surface area contributed by atoms with Crippen molar-refractivity contribution in [2.24, 2.45) is 5.73 Å². The van der Waals surface area contributed by atoms with Gasteiger partial charge >= 0.3 is 0 Å². The second-order valence-corrected chi connectivity index (χ2v) is 5.11. The number of hydrogen-bond donors (Lipinski definition) is 1. The van der Waals surface area contributed by atoms with Crippen LogP contribution >= 0.6 is 0 Å². The molecule has 0 aromatic heterocycles. The molecule has 2 N–H and O–H groups in total. The molecule has 0 radical (unpaired) electrons. The lowest BCUT2D eigenvalue weighted by molar-refractivity contribution is 0.279. The Kier molecular flexibility index (Phi) is 4.04. The highest BCUT2D eigenvalue weighted by molar-refractivity contribution is 5.39. The molecule has 1 saturated carbocycles. The minimum absolute atomic E-state index is 0.144. The van der Waals surface area contributed by atoms with Crippen LogP contribution in [0.4, 0.5) is 13.2 Å². The highest BCUT2D eigenvalue weighted by atomic mass is 19.2. The van der Waals surface area contributed by atoms with Crippen LogP contribution in [0.15, 0.2) is 6.07 Å². The van der Waals surface area contributed by atoms with Crippen molar-refractivity contribution in [1.29, 1.82) is 0 Å². The Morgan fingerprint density at radius 1 is 1.16 bits per heavy atom. The van der Waals surface area contributed by atoms with Crippen LogP contribution in [0, 0.1) is 17.5 Å². The summed E-state index contributed by atoms with van der Waals surface area (Å²) in [4.78, 5) is 0. The molecule has 0 unspecified atom stereocenters. The van der Waals surface area contributed by atoms with Crippen molar-refractivity contribution in [2.45, 2.75) is 37.5 Å². The molecule has 2 rings (SSSR count). The van der Waals surface area contributed by atoms with Crippen molar-refractivity contribution in [3.63, 3.8) is 0 Å². The maximum Gasteiger partial charge on any atom is 0.203 e. The zero-order chi connectivity index (χ0) is 14.0. The summed E-state index contributed by atoms with van der Waals surface area (Å²) in [6.07, 6.45) is 4.27. The van der Waals surface area contributed by atoms with Crippen molar-refractivity contribution in [1.82, 2.24) is 0 Å². The van der Waals surface area contributed by atoms with Crippen LogP contribution in [0.3, 0.4) is 0 Å². The molecule has 0 atom stereocenters. The van der Waals surface area contributed by atoms with Gasteiger partial charge in [-0.05, 0) is 18.9 Å². The van der Waals surface area contributed by atoms with Gasteiger partial charge in [0.15, 0.2) is 17.4 Å². The maximum absolute atomic E-state index is 14.3. The normalized spacial score (nSPS) is 18.4. The summed E-state index contributed by atoms with van der Waals surface area (Å²) in [7, 11) is 1.13. The van der Waals surface area contributed by atoms with Gasteiger partial charge in [0.25, 0.3) is 0 Å². The summed E-state index contributed by atoms with van der Waals surface area (Å²) < 4.78 is 46.1. The highest BCUT2D eigenvalue weighted by Crippen LogP contribution is 2.42. The Morgan fingerprint density at radius 2 is 1.79 bits per heavy atom. The van der Waals surface area contributed by atoms with Crippen LogP contribution in [0.1, 0.15) is 37.7 Å². The first-order valence-corrected chi connectivity index (χ1v) is 6.48. The SMILES string of the molecule is COc1c(F)c(F)cc(C2(CN)CCCCC2)c1F. The van der Waals surface area contributed by atoms with Gasteiger partial charge in [-0.25, -0.2) is 8.78 Å². The summed E-state index contributed by atoms with van der Waals surface area (Å²) in [5.74, 6) is -3.86. The number of nitrogens with two attached hydrogens (primary N) is 1. The molecule has 1 aliphatic rings. The van der Waals surface area contributed by atoms with Crippen LogP contribution in [0.5, 0.6) is 5.75 Å². The Hall–Kier alpha value is -1.23. The summed E-state index contributed by atoms with van der Waals surface area (Å²) >= 11 is 0. The molecule has 5 heteroatoms. The van der Waals surface area contributed by atoms with Gasteiger partial charge in [-0.2, -0.15) is 4.39 Å². The molecule has 2 nitrogen and oxygen atoms in total. The maximum atomic E-state index is 14.3. The molecule has 0 spiro atoms. The van der Waals surface area contributed by atoms with Crippen molar-refractivity contribution < 1.29 is 17.9 Å². The molecule has 19 heavy (non-hydrogen) atoms. The molecule has 1 aromatic carbocycles. The number of methoxy groups -OCH3 is 1. The summed E-state index contributed by atoms with van der Waals surface area (Å²) in [5.41, 5.74) is 5.33. The molecule has 0 saturated heterocycles. The lowest BCUT2D eigenvalue weighted by Crippen LogP contribution is -2.38. The molecule has 0 heterocycles. The van der Waals surface area contributed by atoms with Crippen LogP contribution in [-0.2, 0) is 5.41 Å². The minimum atomic E-state index is -1.29. The smallest absolute Gasteiger partial charge is 0.203 e. The van der Waals surface area contributed by atoms with Gasteiger partial charge < -0.3 is 10.5 Å². The first-order valence-electron chi connectivity index (χ1n) is 6.48. The van der Waals surface area contributed by atoms with Crippen molar-refractivity contribution >= 4 is 0 Å². The Bertz CT molecular complexity index is 470. The van der Waals surface area contributed by atoms with Gasteiger partial charge in [0.1, 0.15) is 0 Å². The fourth-order valence-electron chi connectivity index (χ4n) is 2.96. The van der Waals surface area contributed by atoms with E-state index in [0.29, 0.717) is 12.8 Å². The van der Waals surface area contributed by atoms with Gasteiger partial charge in [-0.15, -0.1) is 0 Å². The van der Waals surface area contributed by atoms with E-state index in [-0.39, 0.29) is 12.1 Å². The highest BCUT2D eigenvalue weighted by Gasteiger charge is 2.37. The Morgan fingerprint density at radius 3 is 2.32 bits per heavy atom. The lowest BCUT2D eigenvalue weighted by atomic mass is 9.69. The van der Waals surface area contributed by atoms with Crippen molar-refractivity contribution in [2.75, 3.05) is 13.7 Å². The predicted molar refractivity (Wildman–Crippen MR) is 66.7 cm³/mol. The first-order chi connectivity index (χ1) is 9.05. The molecule has 1 aliphatic carbocycles. The molecule has 1 fully saturated rings. The number of benzene rings is 1. The fraction of sp³-hybridized carbons (Fsp3) is 0.571. The average molecular weight is 273 g/mol. The summed E-state index contributed by atoms with van der Waals surface area (Å²) in [5, 5.41) is 0. The van der Waals surface area contributed by atoms with Gasteiger partial charge in [0, 0.05) is 17.5 Å². The van der Waals surface area contributed by atoms with Gasteiger partial charge in [-0.3, -0.25) is 0 Å².